The summed E-state index contributed by atoms with van der Waals surface area (Å²) in [7, 11) is 1.76. The summed E-state index contributed by atoms with van der Waals surface area (Å²) >= 11 is 0. The van der Waals surface area contributed by atoms with Crippen LogP contribution in [0.5, 0.6) is 0 Å². The summed E-state index contributed by atoms with van der Waals surface area (Å²) in [5, 5.41) is 4.22. The Morgan fingerprint density at radius 1 is 1.26 bits per heavy atom. The van der Waals surface area contributed by atoms with E-state index in [4.69, 9.17) is 5.73 Å². The van der Waals surface area contributed by atoms with Gasteiger partial charge < -0.3 is 5.73 Å². The van der Waals surface area contributed by atoms with Crippen molar-refractivity contribution in [3.8, 4) is 0 Å². The molecule has 0 radical (unpaired) electrons. The van der Waals surface area contributed by atoms with Gasteiger partial charge in [-0.25, -0.2) is 0 Å². The summed E-state index contributed by atoms with van der Waals surface area (Å²) in [4.78, 5) is 0. The second-order valence-corrected chi connectivity index (χ2v) is 4.33. The Balaban J connectivity index is 2.23. The maximum absolute atomic E-state index is 12.6. The number of nitrogens with two attached hydrogens (primary N) is 1. The van der Waals surface area contributed by atoms with Crippen LogP contribution in [0.25, 0.3) is 0 Å². The molecule has 1 aromatic heterocycles. The van der Waals surface area contributed by atoms with Gasteiger partial charge in [0.2, 0.25) is 0 Å². The molecule has 19 heavy (non-hydrogen) atoms. The highest BCUT2D eigenvalue weighted by molar-refractivity contribution is 5.29. The van der Waals surface area contributed by atoms with Crippen molar-refractivity contribution in [1.82, 2.24) is 9.78 Å². The Hall–Kier alpha value is -1.82. The molecule has 0 bridgehead atoms. The lowest BCUT2D eigenvalue weighted by molar-refractivity contribution is -0.137. The number of rotatable bonds is 3. The molecule has 0 saturated heterocycles. The third kappa shape index (κ3) is 3.14. The predicted molar refractivity (Wildman–Crippen MR) is 65.3 cm³/mol. The van der Waals surface area contributed by atoms with E-state index in [9.17, 15) is 13.2 Å². The van der Waals surface area contributed by atoms with Crippen LogP contribution in [-0.2, 0) is 26.2 Å². The van der Waals surface area contributed by atoms with Crippen molar-refractivity contribution in [2.75, 3.05) is 0 Å². The largest absolute Gasteiger partial charge is 0.416 e. The topological polar surface area (TPSA) is 43.8 Å². The lowest BCUT2D eigenvalue weighted by Gasteiger charge is -2.07. The molecule has 1 aromatic carbocycles. The average molecular weight is 269 g/mol. The van der Waals surface area contributed by atoms with Gasteiger partial charge in [0.25, 0.3) is 0 Å². The van der Waals surface area contributed by atoms with Crippen molar-refractivity contribution in [1.29, 1.82) is 0 Å². The number of halogens is 3. The highest BCUT2D eigenvalue weighted by atomic mass is 19.4. The molecule has 2 N–H and O–H groups in total. The summed E-state index contributed by atoms with van der Waals surface area (Å²) in [6, 6.07) is 7.08. The fourth-order valence-electron chi connectivity index (χ4n) is 1.92. The van der Waals surface area contributed by atoms with Crippen LogP contribution in [0.15, 0.2) is 30.3 Å². The van der Waals surface area contributed by atoms with Gasteiger partial charge in [-0.15, -0.1) is 0 Å². The van der Waals surface area contributed by atoms with E-state index < -0.39 is 11.7 Å². The number of hydrogen-bond acceptors (Lipinski definition) is 2. The van der Waals surface area contributed by atoms with Gasteiger partial charge in [0, 0.05) is 20.0 Å². The molecule has 2 aromatic rings. The minimum absolute atomic E-state index is 0.353. The molecule has 0 unspecified atom stereocenters. The second-order valence-electron chi connectivity index (χ2n) is 4.33. The van der Waals surface area contributed by atoms with Gasteiger partial charge >= 0.3 is 6.18 Å². The predicted octanol–water partition coefficient (Wildman–Crippen LogP) is 2.49. The molecule has 0 amide bonds. The van der Waals surface area contributed by atoms with Crippen LogP contribution in [0, 0.1) is 0 Å². The Bertz CT molecular complexity index is 573. The minimum Gasteiger partial charge on any atom is -0.325 e. The lowest BCUT2D eigenvalue weighted by atomic mass is 10.1. The van der Waals surface area contributed by atoms with Crippen LogP contribution in [0.1, 0.15) is 22.5 Å². The smallest absolute Gasteiger partial charge is 0.325 e. The zero-order valence-corrected chi connectivity index (χ0v) is 10.4. The number of benzene rings is 1. The molecule has 1 heterocycles. The molecule has 6 heteroatoms. The summed E-state index contributed by atoms with van der Waals surface area (Å²) in [5.41, 5.74) is 7.03. The van der Waals surface area contributed by atoms with E-state index in [-0.39, 0.29) is 0 Å². The number of hydrogen-bond donors (Lipinski definition) is 1. The molecular weight excluding hydrogens is 255 g/mol. The molecule has 2 rings (SSSR count). The van der Waals surface area contributed by atoms with E-state index in [1.807, 2.05) is 0 Å². The van der Waals surface area contributed by atoms with Gasteiger partial charge in [-0.05, 0) is 17.7 Å². The zero-order chi connectivity index (χ0) is 14.0. The first-order chi connectivity index (χ1) is 8.90. The summed E-state index contributed by atoms with van der Waals surface area (Å²) in [5.74, 6) is 0. The summed E-state index contributed by atoms with van der Waals surface area (Å²) in [6.45, 7) is 0.353. The van der Waals surface area contributed by atoms with Crippen LogP contribution in [-0.4, -0.2) is 9.78 Å². The lowest BCUT2D eigenvalue weighted by Crippen LogP contribution is -2.05. The fourth-order valence-corrected chi connectivity index (χ4v) is 1.92. The molecule has 0 aliphatic carbocycles. The van der Waals surface area contributed by atoms with E-state index in [2.05, 4.69) is 5.10 Å². The van der Waals surface area contributed by atoms with Crippen molar-refractivity contribution in [2.45, 2.75) is 19.1 Å². The van der Waals surface area contributed by atoms with E-state index in [0.29, 0.717) is 24.2 Å². The van der Waals surface area contributed by atoms with E-state index >= 15 is 0 Å². The molecule has 102 valence electrons. The standard InChI is InChI=1S/C13H14F3N3/c1-19-12(8-17)7-11(18-19)6-9-3-2-4-10(5-9)13(14,15)16/h2-5,7H,6,8,17H2,1H3. The normalized spacial score (nSPS) is 11.8. The molecule has 0 aliphatic rings. The first-order valence-corrected chi connectivity index (χ1v) is 5.78. The third-order valence-corrected chi connectivity index (χ3v) is 2.88. The van der Waals surface area contributed by atoms with Crippen LogP contribution in [0.2, 0.25) is 0 Å². The van der Waals surface area contributed by atoms with Crippen LogP contribution in [0.4, 0.5) is 13.2 Å². The Morgan fingerprint density at radius 2 is 2.00 bits per heavy atom. The fraction of sp³-hybridized carbons (Fsp3) is 0.308. The Morgan fingerprint density at radius 3 is 2.58 bits per heavy atom. The summed E-state index contributed by atoms with van der Waals surface area (Å²) in [6.07, 6.45) is -3.96. The SMILES string of the molecule is Cn1nc(Cc2cccc(C(F)(F)F)c2)cc1CN. The van der Waals surface area contributed by atoms with E-state index in [1.165, 1.54) is 6.07 Å². The van der Waals surface area contributed by atoms with Crippen LogP contribution >= 0.6 is 0 Å². The highest BCUT2D eigenvalue weighted by Crippen LogP contribution is 2.29. The van der Waals surface area contributed by atoms with E-state index in [1.54, 1.807) is 23.9 Å². The van der Waals surface area contributed by atoms with Crippen LogP contribution < -0.4 is 5.73 Å². The Labute approximate surface area is 108 Å². The van der Waals surface area contributed by atoms with Crippen molar-refractivity contribution in [3.63, 3.8) is 0 Å². The van der Waals surface area contributed by atoms with Crippen LogP contribution in [0.3, 0.4) is 0 Å². The maximum atomic E-state index is 12.6. The molecule has 0 aliphatic heterocycles. The van der Waals surface area contributed by atoms with Gasteiger partial charge in [0.05, 0.1) is 17.0 Å². The molecule has 0 spiro atoms. The van der Waals surface area contributed by atoms with Gasteiger partial charge in [0.1, 0.15) is 0 Å². The average Bonchev–Trinajstić information content (AvgIpc) is 2.68. The second kappa shape index (κ2) is 5.05. The monoisotopic (exact) mass is 269 g/mol. The van der Waals surface area contributed by atoms with Gasteiger partial charge in [-0.2, -0.15) is 18.3 Å². The molecule has 3 nitrogen and oxygen atoms in total. The number of aromatic nitrogens is 2. The summed E-state index contributed by atoms with van der Waals surface area (Å²) < 4.78 is 39.4. The molecule has 0 atom stereocenters. The molecular formula is C13H14F3N3. The van der Waals surface area contributed by atoms with Crippen molar-refractivity contribution in [3.05, 3.63) is 52.8 Å². The maximum Gasteiger partial charge on any atom is 0.416 e. The number of alkyl halides is 3. The Kier molecular flexibility index (Phi) is 3.61. The third-order valence-electron chi connectivity index (χ3n) is 2.88. The zero-order valence-electron chi connectivity index (χ0n) is 10.4. The quantitative estimate of drug-likeness (QED) is 0.930. The first-order valence-electron chi connectivity index (χ1n) is 5.78. The molecule has 0 fully saturated rings. The van der Waals surface area contributed by atoms with Crippen molar-refractivity contribution >= 4 is 0 Å². The first kappa shape index (κ1) is 13.6. The van der Waals surface area contributed by atoms with Crippen molar-refractivity contribution < 1.29 is 13.2 Å². The number of aryl methyl sites for hydroxylation is 1. The highest BCUT2D eigenvalue weighted by Gasteiger charge is 2.30. The molecule has 0 saturated carbocycles. The minimum atomic E-state index is -4.32. The van der Waals surface area contributed by atoms with Gasteiger partial charge in [0.15, 0.2) is 0 Å². The van der Waals surface area contributed by atoms with Crippen molar-refractivity contribution in [2.24, 2.45) is 12.8 Å². The van der Waals surface area contributed by atoms with E-state index in [0.717, 1.165) is 17.8 Å². The van der Waals surface area contributed by atoms with Gasteiger partial charge in [-0.1, -0.05) is 18.2 Å². The van der Waals surface area contributed by atoms with Gasteiger partial charge in [-0.3, -0.25) is 4.68 Å². The number of nitrogens with zero attached hydrogens (tertiary/aromatic N) is 2.